The van der Waals surface area contributed by atoms with Crippen LogP contribution in [0.15, 0.2) is 0 Å². The van der Waals surface area contributed by atoms with E-state index in [0.29, 0.717) is 19.3 Å². The lowest BCUT2D eigenvalue weighted by molar-refractivity contribution is -0.240. The molecule has 15 heavy (non-hydrogen) atoms. The van der Waals surface area contributed by atoms with Gasteiger partial charge in [0, 0.05) is 0 Å². The Kier molecular flexibility index (Phi) is 4.77. The smallest absolute Gasteiger partial charge is 0.121 e. The lowest BCUT2D eigenvalue weighted by Crippen LogP contribution is -2.65. The van der Waals surface area contributed by atoms with Crippen LogP contribution in [0.3, 0.4) is 0 Å². The fraction of sp³-hybridized carbons (Fsp3) is 1.00. The van der Waals surface area contributed by atoms with Crippen LogP contribution >= 0.6 is 0 Å². The van der Waals surface area contributed by atoms with E-state index >= 15 is 0 Å². The molecule has 0 bridgehead atoms. The molecular weight excluding hydrogens is 192 g/mol. The second-order valence-corrected chi connectivity index (χ2v) is 4.87. The highest BCUT2D eigenvalue weighted by Crippen LogP contribution is 2.40. The van der Waals surface area contributed by atoms with Crippen LogP contribution in [0.25, 0.3) is 0 Å². The number of hydrogen-bond acceptors (Lipinski definition) is 3. The van der Waals surface area contributed by atoms with E-state index in [1.54, 1.807) is 13.8 Å². The Morgan fingerprint density at radius 3 is 1.33 bits per heavy atom. The van der Waals surface area contributed by atoms with Gasteiger partial charge < -0.3 is 15.3 Å². The highest BCUT2D eigenvalue weighted by molar-refractivity contribution is 5.07. The van der Waals surface area contributed by atoms with Crippen LogP contribution in [-0.4, -0.2) is 32.1 Å². The van der Waals surface area contributed by atoms with Gasteiger partial charge in [-0.2, -0.15) is 0 Å². The van der Waals surface area contributed by atoms with Crippen molar-refractivity contribution in [2.24, 2.45) is 0 Å². The summed E-state index contributed by atoms with van der Waals surface area (Å²) in [7, 11) is 0. The normalized spacial score (nSPS) is 24.0. The van der Waals surface area contributed by atoms with E-state index in [2.05, 4.69) is 0 Å². The molecule has 0 fully saturated rings. The van der Waals surface area contributed by atoms with Crippen LogP contribution in [0.5, 0.6) is 0 Å². The van der Waals surface area contributed by atoms with E-state index in [0.717, 1.165) is 6.42 Å². The van der Waals surface area contributed by atoms with Crippen LogP contribution in [0.4, 0.5) is 0 Å². The van der Waals surface area contributed by atoms with Crippen molar-refractivity contribution in [2.75, 3.05) is 0 Å². The van der Waals surface area contributed by atoms with Crippen molar-refractivity contribution < 1.29 is 15.3 Å². The fourth-order valence-corrected chi connectivity index (χ4v) is 2.07. The second kappa shape index (κ2) is 4.81. The van der Waals surface area contributed by atoms with Crippen molar-refractivity contribution in [3.05, 3.63) is 0 Å². The van der Waals surface area contributed by atoms with Gasteiger partial charge in [-0.05, 0) is 33.1 Å². The van der Waals surface area contributed by atoms with E-state index in [4.69, 9.17) is 0 Å². The SMILES string of the molecule is CCCC(O)(C(C)(O)CC)C(C)(O)CC. The number of hydrogen-bond donors (Lipinski definition) is 3. The number of rotatable bonds is 6. The molecule has 0 amide bonds. The van der Waals surface area contributed by atoms with Crippen LogP contribution < -0.4 is 0 Å². The summed E-state index contributed by atoms with van der Waals surface area (Å²) >= 11 is 0. The molecule has 0 radical (unpaired) electrons. The molecule has 92 valence electrons. The minimum atomic E-state index is -1.45. The minimum absolute atomic E-state index is 0.397. The van der Waals surface area contributed by atoms with Gasteiger partial charge in [0.15, 0.2) is 0 Å². The average molecular weight is 218 g/mol. The molecule has 2 unspecified atom stereocenters. The molecule has 0 rings (SSSR count). The number of aliphatic hydroxyl groups is 3. The summed E-state index contributed by atoms with van der Waals surface area (Å²) in [6.07, 6.45) is 1.96. The molecule has 0 saturated carbocycles. The molecule has 0 aromatic carbocycles. The lowest BCUT2D eigenvalue weighted by Gasteiger charge is -2.49. The Balaban J connectivity index is 5.23. The monoisotopic (exact) mass is 218 g/mol. The van der Waals surface area contributed by atoms with Crippen LogP contribution in [-0.2, 0) is 0 Å². The topological polar surface area (TPSA) is 60.7 Å². The zero-order chi connectivity index (χ0) is 12.3. The highest BCUT2D eigenvalue weighted by atomic mass is 16.4. The Morgan fingerprint density at radius 1 is 0.800 bits per heavy atom. The van der Waals surface area contributed by atoms with Crippen molar-refractivity contribution in [3.63, 3.8) is 0 Å². The third kappa shape index (κ3) is 2.52. The third-order valence-electron chi connectivity index (χ3n) is 3.77. The van der Waals surface area contributed by atoms with E-state index in [-0.39, 0.29) is 0 Å². The zero-order valence-electron chi connectivity index (χ0n) is 10.7. The first-order valence-electron chi connectivity index (χ1n) is 5.85. The van der Waals surface area contributed by atoms with E-state index < -0.39 is 16.8 Å². The fourth-order valence-electron chi connectivity index (χ4n) is 2.07. The predicted octanol–water partition coefficient (Wildman–Crippen LogP) is 1.84. The standard InChI is InChI=1S/C12H26O3/c1-6-9-12(15,10(4,13)7-2)11(5,14)8-3/h13-15H,6-9H2,1-5H3. The Morgan fingerprint density at radius 2 is 1.13 bits per heavy atom. The maximum atomic E-state index is 10.6. The van der Waals surface area contributed by atoms with Gasteiger partial charge >= 0.3 is 0 Å². The van der Waals surface area contributed by atoms with Crippen molar-refractivity contribution in [3.8, 4) is 0 Å². The van der Waals surface area contributed by atoms with Gasteiger partial charge in [-0.1, -0.05) is 27.2 Å². The lowest BCUT2D eigenvalue weighted by atomic mass is 9.67. The van der Waals surface area contributed by atoms with Gasteiger partial charge in [0.1, 0.15) is 5.60 Å². The molecular formula is C12H26O3. The van der Waals surface area contributed by atoms with Crippen LogP contribution in [0, 0.1) is 0 Å². The maximum Gasteiger partial charge on any atom is 0.121 e. The summed E-state index contributed by atoms with van der Waals surface area (Å²) in [5, 5.41) is 31.0. The molecule has 2 atom stereocenters. The Hall–Kier alpha value is -0.120. The van der Waals surface area contributed by atoms with Crippen molar-refractivity contribution in [1.29, 1.82) is 0 Å². The van der Waals surface area contributed by atoms with Gasteiger partial charge in [0.05, 0.1) is 11.2 Å². The first kappa shape index (κ1) is 14.9. The molecule has 0 aliphatic carbocycles. The van der Waals surface area contributed by atoms with Crippen molar-refractivity contribution in [2.45, 2.75) is 77.1 Å². The van der Waals surface area contributed by atoms with Gasteiger partial charge in [0.2, 0.25) is 0 Å². The van der Waals surface area contributed by atoms with Crippen molar-refractivity contribution in [1.82, 2.24) is 0 Å². The molecule has 0 spiro atoms. The summed E-state index contributed by atoms with van der Waals surface area (Å²) in [6.45, 7) is 8.74. The molecule has 3 N–H and O–H groups in total. The average Bonchev–Trinajstić information content (AvgIpc) is 2.17. The molecule has 0 aliphatic rings. The van der Waals surface area contributed by atoms with Crippen LogP contribution in [0.2, 0.25) is 0 Å². The molecule has 3 heteroatoms. The molecule has 0 saturated heterocycles. The summed E-state index contributed by atoms with van der Waals surface area (Å²) in [4.78, 5) is 0. The third-order valence-corrected chi connectivity index (χ3v) is 3.77. The van der Waals surface area contributed by atoms with Gasteiger partial charge in [-0.25, -0.2) is 0 Å². The maximum absolute atomic E-state index is 10.6. The van der Waals surface area contributed by atoms with Gasteiger partial charge in [0.25, 0.3) is 0 Å². The molecule has 0 aromatic rings. The summed E-state index contributed by atoms with van der Waals surface area (Å²) in [6, 6.07) is 0. The molecule has 3 nitrogen and oxygen atoms in total. The minimum Gasteiger partial charge on any atom is -0.387 e. The molecule has 0 aromatic heterocycles. The van der Waals surface area contributed by atoms with Gasteiger partial charge in [-0.3, -0.25) is 0 Å². The Bertz CT molecular complexity index is 181. The highest BCUT2D eigenvalue weighted by Gasteiger charge is 2.54. The zero-order valence-corrected chi connectivity index (χ0v) is 10.7. The first-order chi connectivity index (χ1) is 6.68. The summed E-state index contributed by atoms with van der Waals surface area (Å²) < 4.78 is 0. The van der Waals surface area contributed by atoms with E-state index in [1.165, 1.54) is 0 Å². The first-order valence-corrected chi connectivity index (χ1v) is 5.85. The van der Waals surface area contributed by atoms with E-state index in [1.807, 2.05) is 20.8 Å². The largest absolute Gasteiger partial charge is 0.387 e. The van der Waals surface area contributed by atoms with Gasteiger partial charge in [-0.15, -0.1) is 0 Å². The second-order valence-electron chi connectivity index (χ2n) is 4.87. The quantitative estimate of drug-likeness (QED) is 0.637. The summed E-state index contributed by atoms with van der Waals surface area (Å²) in [5.74, 6) is 0. The van der Waals surface area contributed by atoms with E-state index in [9.17, 15) is 15.3 Å². The van der Waals surface area contributed by atoms with Crippen molar-refractivity contribution >= 4 is 0 Å². The molecule has 0 aliphatic heterocycles. The Labute approximate surface area is 93.1 Å². The summed E-state index contributed by atoms with van der Waals surface area (Å²) in [5.41, 5.74) is -3.97. The molecule has 0 heterocycles. The predicted molar refractivity (Wildman–Crippen MR) is 61.7 cm³/mol. The van der Waals surface area contributed by atoms with Crippen LogP contribution in [0.1, 0.15) is 60.3 Å².